The molecular weight excluding hydrogens is 519 g/mol. The molecule has 0 radical (unpaired) electrons. The number of halogens is 1. The third-order valence-corrected chi connectivity index (χ3v) is 4.60. The molecule has 0 unspecified atom stereocenters. The van der Waals surface area contributed by atoms with Crippen molar-refractivity contribution >= 4 is 29.9 Å². The summed E-state index contributed by atoms with van der Waals surface area (Å²) in [6.07, 6.45) is 2.54. The number of guanidine groups is 1. The highest BCUT2D eigenvalue weighted by molar-refractivity contribution is 14.0. The topological polar surface area (TPSA) is 85.6 Å². The summed E-state index contributed by atoms with van der Waals surface area (Å²) in [5, 5.41) is 14.9. The van der Waals surface area contributed by atoms with Gasteiger partial charge in [0.2, 0.25) is 0 Å². The Balaban J connectivity index is 0.00000363. The van der Waals surface area contributed by atoms with Crippen LogP contribution in [0.1, 0.15) is 25.2 Å². The molecule has 0 fully saturated rings. The second kappa shape index (κ2) is 13.6. The number of benzene rings is 2. The zero-order valence-electron chi connectivity index (χ0n) is 18.7. The van der Waals surface area contributed by atoms with E-state index in [4.69, 9.17) is 9.47 Å². The number of rotatable bonds is 10. The van der Waals surface area contributed by atoms with E-state index in [1.165, 1.54) is 5.56 Å². The molecule has 0 aliphatic rings. The van der Waals surface area contributed by atoms with E-state index >= 15 is 0 Å². The summed E-state index contributed by atoms with van der Waals surface area (Å²) in [4.78, 5) is 4.30. The van der Waals surface area contributed by atoms with Crippen LogP contribution in [0, 0.1) is 0 Å². The average molecular weight is 550 g/mol. The van der Waals surface area contributed by atoms with Gasteiger partial charge < -0.3 is 20.1 Å². The highest BCUT2D eigenvalue weighted by Gasteiger charge is 2.08. The fourth-order valence-electron chi connectivity index (χ4n) is 3.14. The second-order valence-corrected chi connectivity index (χ2v) is 6.70. The van der Waals surface area contributed by atoms with Gasteiger partial charge in [0.05, 0.1) is 19.8 Å². The van der Waals surface area contributed by atoms with Gasteiger partial charge in [-0.25, -0.2) is 0 Å². The van der Waals surface area contributed by atoms with Crippen LogP contribution in [0.3, 0.4) is 0 Å². The first-order valence-corrected chi connectivity index (χ1v) is 10.5. The molecule has 0 amide bonds. The van der Waals surface area contributed by atoms with Gasteiger partial charge in [0.1, 0.15) is 6.33 Å². The van der Waals surface area contributed by atoms with E-state index < -0.39 is 0 Å². The van der Waals surface area contributed by atoms with Crippen molar-refractivity contribution < 1.29 is 9.47 Å². The van der Waals surface area contributed by atoms with Gasteiger partial charge >= 0.3 is 0 Å². The molecule has 1 aromatic heterocycles. The van der Waals surface area contributed by atoms with Gasteiger partial charge in [-0.1, -0.05) is 24.3 Å². The smallest absolute Gasteiger partial charge is 0.191 e. The molecule has 1 heterocycles. The molecule has 0 spiro atoms. The van der Waals surface area contributed by atoms with Crippen molar-refractivity contribution in [1.82, 2.24) is 25.4 Å². The summed E-state index contributed by atoms with van der Waals surface area (Å²) in [5.74, 6) is 3.08. The van der Waals surface area contributed by atoms with Crippen molar-refractivity contribution in [2.75, 3.05) is 26.8 Å². The Morgan fingerprint density at radius 1 is 1.00 bits per heavy atom. The van der Waals surface area contributed by atoms with Crippen LogP contribution in [0.2, 0.25) is 0 Å². The summed E-state index contributed by atoms with van der Waals surface area (Å²) in [6, 6.07) is 16.1. The van der Waals surface area contributed by atoms with Gasteiger partial charge in [-0.2, -0.15) is 0 Å². The van der Waals surface area contributed by atoms with Crippen molar-refractivity contribution in [2.24, 2.45) is 4.99 Å². The lowest BCUT2D eigenvalue weighted by atomic mass is 10.1. The summed E-state index contributed by atoms with van der Waals surface area (Å²) >= 11 is 0. The quantitative estimate of drug-likeness (QED) is 0.228. The van der Waals surface area contributed by atoms with Crippen LogP contribution in [0.4, 0.5) is 0 Å². The highest BCUT2D eigenvalue weighted by atomic mass is 127. The van der Waals surface area contributed by atoms with Crippen molar-refractivity contribution in [3.8, 4) is 17.2 Å². The number of hydrogen-bond acceptors (Lipinski definition) is 5. The SMILES string of the molecule is CCOc1ccc(CCNC(=NC)NCc2nncn2-c2ccccc2)cc1OCC.I. The molecule has 9 heteroatoms. The monoisotopic (exact) mass is 550 g/mol. The lowest BCUT2D eigenvalue weighted by Crippen LogP contribution is -2.38. The fourth-order valence-corrected chi connectivity index (χ4v) is 3.14. The van der Waals surface area contributed by atoms with Crippen LogP contribution in [0.15, 0.2) is 59.9 Å². The van der Waals surface area contributed by atoms with Gasteiger partial charge in [-0.15, -0.1) is 34.2 Å². The normalized spacial score (nSPS) is 10.9. The number of nitrogens with one attached hydrogen (secondary N) is 2. The van der Waals surface area contributed by atoms with E-state index in [9.17, 15) is 0 Å². The highest BCUT2D eigenvalue weighted by Crippen LogP contribution is 2.28. The van der Waals surface area contributed by atoms with E-state index in [2.05, 4.69) is 31.9 Å². The number of ether oxygens (including phenoxy) is 2. The van der Waals surface area contributed by atoms with Gasteiger partial charge in [-0.3, -0.25) is 9.56 Å². The Kier molecular flexibility index (Phi) is 10.8. The van der Waals surface area contributed by atoms with E-state index in [1.807, 2.05) is 60.9 Å². The minimum absolute atomic E-state index is 0. The molecule has 0 saturated heterocycles. The van der Waals surface area contributed by atoms with Crippen LogP contribution in [-0.2, 0) is 13.0 Å². The molecule has 172 valence electrons. The molecule has 8 nitrogen and oxygen atoms in total. The second-order valence-electron chi connectivity index (χ2n) is 6.70. The molecule has 0 atom stereocenters. The number of nitrogens with zero attached hydrogens (tertiary/aromatic N) is 4. The Morgan fingerprint density at radius 3 is 2.47 bits per heavy atom. The zero-order valence-corrected chi connectivity index (χ0v) is 21.1. The van der Waals surface area contributed by atoms with Crippen molar-refractivity contribution in [3.63, 3.8) is 0 Å². The van der Waals surface area contributed by atoms with Gasteiger partial charge in [0.15, 0.2) is 23.3 Å². The Bertz CT molecular complexity index is 978. The molecule has 2 aromatic carbocycles. The van der Waals surface area contributed by atoms with E-state index in [1.54, 1.807) is 13.4 Å². The van der Waals surface area contributed by atoms with Crippen molar-refractivity contribution in [3.05, 3.63) is 66.2 Å². The maximum absolute atomic E-state index is 5.71. The first-order chi connectivity index (χ1) is 15.2. The number of para-hydroxylation sites is 1. The van der Waals surface area contributed by atoms with Crippen LogP contribution < -0.4 is 20.1 Å². The summed E-state index contributed by atoms with van der Waals surface area (Å²) < 4.78 is 13.3. The standard InChI is InChI=1S/C23H30N6O2.HI/c1-4-30-20-12-11-18(15-21(20)31-5-2)13-14-25-23(24-3)26-16-22-28-27-17-29(22)19-9-7-6-8-10-19;/h6-12,15,17H,4-5,13-14,16H2,1-3H3,(H2,24,25,26);1H. The van der Waals surface area contributed by atoms with Crippen molar-refractivity contribution in [1.29, 1.82) is 0 Å². The number of aliphatic imine (C=N–C) groups is 1. The Hall–Kier alpha value is -2.82. The van der Waals surface area contributed by atoms with E-state index in [0.29, 0.717) is 25.7 Å². The van der Waals surface area contributed by atoms with Crippen LogP contribution in [-0.4, -0.2) is 47.5 Å². The van der Waals surface area contributed by atoms with Gasteiger partial charge in [-0.05, 0) is 50.1 Å². The number of hydrogen-bond donors (Lipinski definition) is 2. The minimum atomic E-state index is 0. The molecule has 0 bridgehead atoms. The summed E-state index contributed by atoms with van der Waals surface area (Å²) in [6.45, 7) is 6.39. The first-order valence-electron chi connectivity index (χ1n) is 10.5. The molecule has 3 rings (SSSR count). The van der Waals surface area contributed by atoms with E-state index in [-0.39, 0.29) is 24.0 Å². The summed E-state index contributed by atoms with van der Waals surface area (Å²) in [7, 11) is 1.75. The average Bonchev–Trinajstić information content (AvgIpc) is 3.27. The van der Waals surface area contributed by atoms with E-state index in [0.717, 1.165) is 36.0 Å². The molecule has 32 heavy (non-hydrogen) atoms. The predicted octanol–water partition coefficient (Wildman–Crippen LogP) is 3.59. The lowest BCUT2D eigenvalue weighted by molar-refractivity contribution is 0.287. The molecular formula is C23H31IN6O2. The van der Waals surface area contributed by atoms with Gasteiger partial charge in [0.25, 0.3) is 0 Å². The third kappa shape index (κ3) is 7.11. The van der Waals surface area contributed by atoms with Crippen LogP contribution in [0.25, 0.3) is 5.69 Å². The largest absolute Gasteiger partial charge is 0.490 e. The first kappa shape index (κ1) is 25.4. The van der Waals surface area contributed by atoms with Crippen molar-refractivity contribution in [2.45, 2.75) is 26.8 Å². The van der Waals surface area contributed by atoms with Gasteiger partial charge in [0, 0.05) is 19.3 Å². The maximum Gasteiger partial charge on any atom is 0.191 e. The van der Waals surface area contributed by atoms with Crippen LogP contribution in [0.5, 0.6) is 11.5 Å². The Labute approximate surface area is 206 Å². The third-order valence-electron chi connectivity index (χ3n) is 4.60. The lowest BCUT2D eigenvalue weighted by Gasteiger charge is -2.14. The molecule has 0 aliphatic heterocycles. The van der Waals surface area contributed by atoms with Crippen LogP contribution >= 0.6 is 24.0 Å². The number of aromatic nitrogens is 3. The Morgan fingerprint density at radius 2 is 1.75 bits per heavy atom. The molecule has 3 aromatic rings. The molecule has 0 saturated carbocycles. The fraction of sp³-hybridized carbons (Fsp3) is 0.348. The minimum Gasteiger partial charge on any atom is -0.490 e. The molecule has 0 aliphatic carbocycles. The zero-order chi connectivity index (χ0) is 21.9. The molecule has 2 N–H and O–H groups in total. The maximum atomic E-state index is 5.71. The summed E-state index contributed by atoms with van der Waals surface area (Å²) in [5.41, 5.74) is 2.19. The predicted molar refractivity (Wildman–Crippen MR) is 137 cm³/mol.